The zero-order chi connectivity index (χ0) is 13.8. The van der Waals surface area contributed by atoms with Gasteiger partial charge >= 0.3 is 0 Å². The predicted octanol–water partition coefficient (Wildman–Crippen LogP) is 2.28. The van der Waals surface area contributed by atoms with Crippen molar-refractivity contribution in [2.75, 3.05) is 5.32 Å². The quantitative estimate of drug-likeness (QED) is 0.908. The minimum absolute atomic E-state index is 0.533. The molecule has 0 amide bonds. The van der Waals surface area contributed by atoms with Crippen molar-refractivity contribution in [2.45, 2.75) is 27.3 Å². The molecule has 2 aromatic heterocycles. The third-order valence-corrected chi connectivity index (χ3v) is 2.73. The second-order valence-corrected chi connectivity index (χ2v) is 4.39. The van der Waals surface area contributed by atoms with Crippen LogP contribution in [0.4, 0.5) is 5.69 Å². The Morgan fingerprint density at radius 2 is 1.95 bits per heavy atom. The largest absolute Gasteiger partial charge is 0.378 e. The molecule has 0 fully saturated rings. The molecule has 2 aromatic rings. The monoisotopic (exact) mass is 253 g/mol. The van der Waals surface area contributed by atoms with Crippen LogP contribution < -0.4 is 5.32 Å². The van der Waals surface area contributed by atoms with Crippen molar-refractivity contribution in [2.24, 2.45) is 0 Å². The van der Waals surface area contributed by atoms with Gasteiger partial charge in [-0.05, 0) is 26.8 Å². The van der Waals surface area contributed by atoms with Crippen molar-refractivity contribution in [3.05, 3.63) is 46.8 Å². The first-order valence-corrected chi connectivity index (χ1v) is 6.00. The van der Waals surface area contributed by atoms with Crippen LogP contribution in [0.2, 0.25) is 0 Å². The topological polar surface area (TPSA) is 74.5 Å². The molecule has 0 saturated carbocycles. The number of nitrogens with zero attached hydrogens (tertiary/aromatic N) is 4. The van der Waals surface area contributed by atoms with Crippen LogP contribution in [0.3, 0.4) is 0 Å². The molecule has 0 atom stereocenters. The molecular weight excluding hydrogens is 238 g/mol. The van der Waals surface area contributed by atoms with Crippen molar-refractivity contribution in [1.82, 2.24) is 15.0 Å². The van der Waals surface area contributed by atoms with Gasteiger partial charge in [-0.3, -0.25) is 15.0 Å². The maximum Gasteiger partial charge on any atom is 0.103 e. The average molecular weight is 253 g/mol. The lowest BCUT2D eigenvalue weighted by Crippen LogP contribution is -2.06. The molecule has 2 heterocycles. The molecule has 5 nitrogen and oxygen atoms in total. The number of pyridine rings is 1. The molecule has 5 heteroatoms. The van der Waals surface area contributed by atoms with Crippen LogP contribution in [0.15, 0.2) is 18.5 Å². The van der Waals surface area contributed by atoms with Crippen LogP contribution in [0, 0.1) is 32.1 Å². The first-order chi connectivity index (χ1) is 9.10. The number of rotatable bonds is 3. The Kier molecular flexibility index (Phi) is 3.71. The van der Waals surface area contributed by atoms with Gasteiger partial charge in [-0.15, -0.1) is 0 Å². The maximum absolute atomic E-state index is 9.17. The SMILES string of the molecule is Cc1cnc(CNc2cc(C)nc(C)c2C#N)cn1. The van der Waals surface area contributed by atoms with Crippen LogP contribution in [0.1, 0.15) is 28.3 Å². The maximum atomic E-state index is 9.17. The van der Waals surface area contributed by atoms with E-state index in [0.717, 1.165) is 28.5 Å². The standard InChI is InChI=1S/C14H15N5/c1-9-4-14(13(5-15)11(3)19-9)18-8-12-7-16-10(2)6-17-12/h4,6-7H,8H2,1-3H3,(H,18,19). The Bertz CT molecular complexity index is 626. The zero-order valence-electron chi connectivity index (χ0n) is 11.2. The molecule has 0 aliphatic heterocycles. The smallest absolute Gasteiger partial charge is 0.103 e. The Morgan fingerprint density at radius 3 is 2.58 bits per heavy atom. The lowest BCUT2D eigenvalue weighted by atomic mass is 10.1. The number of anilines is 1. The first-order valence-electron chi connectivity index (χ1n) is 6.00. The predicted molar refractivity (Wildman–Crippen MR) is 72.5 cm³/mol. The van der Waals surface area contributed by atoms with Crippen molar-refractivity contribution in [3.63, 3.8) is 0 Å². The van der Waals surface area contributed by atoms with Crippen LogP contribution in [0.5, 0.6) is 0 Å². The second kappa shape index (κ2) is 5.44. The summed E-state index contributed by atoms with van der Waals surface area (Å²) in [7, 11) is 0. The number of nitrogens with one attached hydrogen (secondary N) is 1. The fourth-order valence-electron chi connectivity index (χ4n) is 1.81. The van der Waals surface area contributed by atoms with Gasteiger partial charge in [0, 0.05) is 11.9 Å². The van der Waals surface area contributed by atoms with Crippen LogP contribution in [-0.4, -0.2) is 15.0 Å². The van der Waals surface area contributed by atoms with E-state index < -0.39 is 0 Å². The number of aromatic nitrogens is 3. The highest BCUT2D eigenvalue weighted by molar-refractivity contribution is 5.59. The third-order valence-electron chi connectivity index (χ3n) is 2.73. The van der Waals surface area contributed by atoms with E-state index in [-0.39, 0.29) is 0 Å². The van der Waals surface area contributed by atoms with Crippen molar-refractivity contribution < 1.29 is 0 Å². The van der Waals surface area contributed by atoms with Crippen molar-refractivity contribution in [1.29, 1.82) is 5.26 Å². The van der Waals surface area contributed by atoms with E-state index in [1.54, 1.807) is 12.4 Å². The van der Waals surface area contributed by atoms with E-state index in [1.807, 2.05) is 26.8 Å². The van der Waals surface area contributed by atoms with Gasteiger partial charge in [0.15, 0.2) is 0 Å². The van der Waals surface area contributed by atoms with E-state index in [4.69, 9.17) is 5.26 Å². The van der Waals surface area contributed by atoms with Crippen molar-refractivity contribution in [3.8, 4) is 6.07 Å². The van der Waals surface area contributed by atoms with Crippen LogP contribution >= 0.6 is 0 Å². The van der Waals surface area contributed by atoms with Gasteiger partial charge in [-0.25, -0.2) is 0 Å². The summed E-state index contributed by atoms with van der Waals surface area (Å²) in [5.74, 6) is 0. The van der Waals surface area contributed by atoms with Crippen LogP contribution in [-0.2, 0) is 6.54 Å². The molecule has 0 unspecified atom stereocenters. The number of hydrogen-bond acceptors (Lipinski definition) is 5. The highest BCUT2D eigenvalue weighted by atomic mass is 14.9. The van der Waals surface area contributed by atoms with E-state index in [1.165, 1.54) is 0 Å². The molecule has 0 radical (unpaired) electrons. The Hall–Kier alpha value is -2.48. The summed E-state index contributed by atoms with van der Waals surface area (Å²) in [4.78, 5) is 12.7. The molecule has 0 spiro atoms. The Morgan fingerprint density at radius 1 is 1.16 bits per heavy atom. The molecule has 1 N–H and O–H groups in total. The normalized spacial score (nSPS) is 10.0. The molecule has 0 aliphatic rings. The number of nitriles is 1. The highest BCUT2D eigenvalue weighted by Gasteiger charge is 2.08. The fraction of sp³-hybridized carbons (Fsp3) is 0.286. The molecule has 0 bridgehead atoms. The van der Waals surface area contributed by atoms with E-state index in [0.29, 0.717) is 12.1 Å². The van der Waals surface area contributed by atoms with E-state index in [2.05, 4.69) is 26.3 Å². The summed E-state index contributed by atoms with van der Waals surface area (Å²) >= 11 is 0. The van der Waals surface area contributed by atoms with Gasteiger partial charge in [0.05, 0.1) is 41.1 Å². The Balaban J connectivity index is 2.20. The minimum atomic E-state index is 0.533. The number of hydrogen-bond donors (Lipinski definition) is 1. The molecule has 2 rings (SSSR count). The van der Waals surface area contributed by atoms with Gasteiger partial charge < -0.3 is 5.32 Å². The van der Waals surface area contributed by atoms with Gasteiger partial charge in [-0.2, -0.15) is 5.26 Å². The molecule has 0 aliphatic carbocycles. The lowest BCUT2D eigenvalue weighted by molar-refractivity contribution is 0.979. The molecule has 0 aromatic carbocycles. The molecule has 0 saturated heterocycles. The summed E-state index contributed by atoms with van der Waals surface area (Å²) in [6.07, 6.45) is 3.46. The Labute approximate surface area is 112 Å². The first kappa shape index (κ1) is 13.0. The molecule has 96 valence electrons. The second-order valence-electron chi connectivity index (χ2n) is 4.39. The van der Waals surface area contributed by atoms with Gasteiger partial charge in [0.2, 0.25) is 0 Å². The van der Waals surface area contributed by atoms with Crippen molar-refractivity contribution >= 4 is 5.69 Å². The highest BCUT2D eigenvalue weighted by Crippen LogP contribution is 2.19. The summed E-state index contributed by atoms with van der Waals surface area (Å²) < 4.78 is 0. The summed E-state index contributed by atoms with van der Waals surface area (Å²) in [6, 6.07) is 4.04. The van der Waals surface area contributed by atoms with E-state index >= 15 is 0 Å². The van der Waals surface area contributed by atoms with Gasteiger partial charge in [0.1, 0.15) is 6.07 Å². The van der Waals surface area contributed by atoms with E-state index in [9.17, 15) is 0 Å². The molecule has 19 heavy (non-hydrogen) atoms. The summed E-state index contributed by atoms with van der Waals surface area (Å²) in [5, 5.41) is 12.4. The summed E-state index contributed by atoms with van der Waals surface area (Å²) in [6.45, 7) is 6.17. The van der Waals surface area contributed by atoms with Crippen LogP contribution in [0.25, 0.3) is 0 Å². The minimum Gasteiger partial charge on any atom is -0.378 e. The lowest BCUT2D eigenvalue weighted by Gasteiger charge is -2.10. The van der Waals surface area contributed by atoms with Gasteiger partial charge in [-0.1, -0.05) is 0 Å². The third kappa shape index (κ3) is 3.05. The average Bonchev–Trinajstić information content (AvgIpc) is 2.37. The zero-order valence-corrected chi connectivity index (χ0v) is 11.2. The summed E-state index contributed by atoms with van der Waals surface area (Å²) in [5.41, 5.74) is 4.70. The fourth-order valence-corrected chi connectivity index (χ4v) is 1.81. The molecular formula is C14H15N5. The van der Waals surface area contributed by atoms with Gasteiger partial charge in [0.25, 0.3) is 0 Å². The number of aryl methyl sites for hydroxylation is 3.